The van der Waals surface area contributed by atoms with E-state index in [0.717, 1.165) is 17.4 Å². The molecule has 2 aliphatic rings. The zero-order chi connectivity index (χ0) is 13.9. The molecule has 0 amide bonds. The van der Waals surface area contributed by atoms with Crippen LogP contribution in [0.3, 0.4) is 0 Å². The summed E-state index contributed by atoms with van der Waals surface area (Å²) in [6, 6.07) is 1.98. The maximum absolute atomic E-state index is 12.5. The average molecular weight is 290 g/mol. The summed E-state index contributed by atoms with van der Waals surface area (Å²) in [5.41, 5.74) is 2.01. The average Bonchev–Trinajstić information content (AvgIpc) is 3.05. The molecule has 2 aromatic rings. The molecule has 4 nitrogen and oxygen atoms in total. The Balaban J connectivity index is 2.03. The normalized spacial score (nSPS) is 23.6. The van der Waals surface area contributed by atoms with Crippen LogP contribution in [0.25, 0.3) is 11.0 Å². The molecule has 1 spiro atoms. The monoisotopic (exact) mass is 289 g/mol. The van der Waals surface area contributed by atoms with Gasteiger partial charge >= 0.3 is 0 Å². The van der Waals surface area contributed by atoms with Crippen molar-refractivity contribution in [1.29, 1.82) is 0 Å². The third-order valence-corrected chi connectivity index (χ3v) is 5.21. The lowest BCUT2D eigenvalue weighted by Crippen LogP contribution is -2.28. The molecule has 2 fully saturated rings. The van der Waals surface area contributed by atoms with Crippen LogP contribution < -0.4 is 5.56 Å². The molecule has 5 heteroatoms. The van der Waals surface area contributed by atoms with E-state index in [4.69, 9.17) is 11.6 Å². The van der Waals surface area contributed by atoms with E-state index in [2.05, 4.69) is 9.97 Å². The molecule has 2 aromatic heterocycles. The van der Waals surface area contributed by atoms with Gasteiger partial charge in [0.2, 0.25) is 5.28 Å². The summed E-state index contributed by atoms with van der Waals surface area (Å²) in [6.45, 7) is 1.92. The molecule has 0 aromatic carbocycles. The molecule has 0 aliphatic heterocycles. The van der Waals surface area contributed by atoms with Crippen molar-refractivity contribution in [2.24, 2.45) is 5.41 Å². The highest BCUT2D eigenvalue weighted by atomic mass is 35.5. The first-order chi connectivity index (χ1) is 9.61. The highest BCUT2D eigenvalue weighted by molar-refractivity contribution is 6.28. The molecule has 0 saturated heterocycles. The van der Waals surface area contributed by atoms with Gasteiger partial charge in [-0.25, -0.2) is 4.98 Å². The van der Waals surface area contributed by atoms with Gasteiger partial charge in [-0.05, 0) is 55.2 Å². The number of hydrogen-bond donors (Lipinski definition) is 0. The van der Waals surface area contributed by atoms with Crippen molar-refractivity contribution in [3.63, 3.8) is 0 Å². The van der Waals surface area contributed by atoms with Gasteiger partial charge in [-0.2, -0.15) is 4.98 Å². The van der Waals surface area contributed by atoms with Crippen molar-refractivity contribution in [2.75, 3.05) is 0 Å². The number of pyridine rings is 1. The van der Waals surface area contributed by atoms with Crippen molar-refractivity contribution in [1.82, 2.24) is 14.5 Å². The third kappa shape index (κ3) is 1.64. The fourth-order valence-corrected chi connectivity index (χ4v) is 3.95. The number of nitrogens with zero attached hydrogens (tertiary/aromatic N) is 3. The van der Waals surface area contributed by atoms with Crippen LogP contribution in [0, 0.1) is 12.3 Å². The summed E-state index contributed by atoms with van der Waals surface area (Å²) in [6.07, 6.45) is 7.70. The summed E-state index contributed by atoms with van der Waals surface area (Å²) in [5.74, 6) is 0. The van der Waals surface area contributed by atoms with Gasteiger partial charge in [-0.3, -0.25) is 9.36 Å². The first-order valence-corrected chi connectivity index (χ1v) is 7.53. The Morgan fingerprint density at radius 1 is 1.40 bits per heavy atom. The smallest absolute Gasteiger partial charge is 0.252 e. The molecular formula is C15H16ClN3O. The fraction of sp³-hybridized carbons (Fsp3) is 0.533. The number of rotatable bonds is 1. The molecule has 0 bridgehead atoms. The number of aryl methyl sites for hydroxylation is 1. The number of hydrogen-bond acceptors (Lipinski definition) is 3. The molecule has 2 aliphatic carbocycles. The molecule has 4 rings (SSSR count). The topological polar surface area (TPSA) is 47.8 Å². The second kappa shape index (κ2) is 4.04. The molecule has 0 N–H and O–H groups in total. The molecular weight excluding hydrogens is 274 g/mol. The Morgan fingerprint density at radius 2 is 2.20 bits per heavy atom. The quantitative estimate of drug-likeness (QED) is 0.757. The predicted molar refractivity (Wildman–Crippen MR) is 78.1 cm³/mol. The summed E-state index contributed by atoms with van der Waals surface area (Å²) < 4.78 is 1.88. The summed E-state index contributed by atoms with van der Waals surface area (Å²) in [4.78, 5) is 20.9. The molecule has 2 heterocycles. The van der Waals surface area contributed by atoms with E-state index >= 15 is 0 Å². The van der Waals surface area contributed by atoms with Crippen molar-refractivity contribution >= 4 is 22.6 Å². The van der Waals surface area contributed by atoms with E-state index in [1.54, 1.807) is 12.3 Å². The predicted octanol–water partition coefficient (Wildman–Crippen LogP) is 3.26. The molecule has 0 radical (unpaired) electrons. The largest absolute Gasteiger partial charge is 0.289 e. The first-order valence-electron chi connectivity index (χ1n) is 7.15. The van der Waals surface area contributed by atoms with Gasteiger partial charge in [-0.1, -0.05) is 6.42 Å². The second-order valence-corrected chi connectivity index (χ2v) is 6.52. The third-order valence-electron chi connectivity index (χ3n) is 5.03. The Bertz CT molecular complexity index is 764. The highest BCUT2D eigenvalue weighted by Gasteiger charge is 2.53. The maximum atomic E-state index is 12.5. The minimum absolute atomic E-state index is 0.0444. The van der Waals surface area contributed by atoms with Gasteiger partial charge < -0.3 is 0 Å². The summed E-state index contributed by atoms with van der Waals surface area (Å²) in [7, 11) is 0. The minimum Gasteiger partial charge on any atom is -0.289 e. The van der Waals surface area contributed by atoms with Crippen LogP contribution in [0.5, 0.6) is 0 Å². The first kappa shape index (κ1) is 12.3. The molecule has 1 unspecified atom stereocenters. The van der Waals surface area contributed by atoms with E-state index in [1.165, 1.54) is 25.7 Å². The van der Waals surface area contributed by atoms with Gasteiger partial charge in [0, 0.05) is 23.7 Å². The van der Waals surface area contributed by atoms with Gasteiger partial charge in [0.1, 0.15) is 5.65 Å². The van der Waals surface area contributed by atoms with Crippen LogP contribution in [0.15, 0.2) is 17.1 Å². The van der Waals surface area contributed by atoms with E-state index < -0.39 is 0 Å². The SMILES string of the molecule is Cc1cc(=O)n(C2CCCC23CC3)c2nc(Cl)ncc12. The van der Waals surface area contributed by atoms with Crippen LogP contribution in [0.4, 0.5) is 0 Å². The van der Waals surface area contributed by atoms with Gasteiger partial charge in [0.05, 0.1) is 0 Å². The Labute approximate surface area is 121 Å². The van der Waals surface area contributed by atoms with Crippen LogP contribution in [-0.4, -0.2) is 14.5 Å². The maximum Gasteiger partial charge on any atom is 0.252 e. The zero-order valence-corrected chi connectivity index (χ0v) is 12.2. The van der Waals surface area contributed by atoms with Gasteiger partial charge in [0.25, 0.3) is 5.56 Å². The zero-order valence-electron chi connectivity index (χ0n) is 11.4. The summed E-state index contributed by atoms with van der Waals surface area (Å²) >= 11 is 5.95. The lowest BCUT2D eigenvalue weighted by molar-refractivity contribution is 0.357. The number of halogens is 1. The Hall–Kier alpha value is -1.42. The lowest BCUT2D eigenvalue weighted by atomic mass is 9.99. The Morgan fingerprint density at radius 3 is 2.95 bits per heavy atom. The van der Waals surface area contributed by atoms with Gasteiger partial charge in [-0.15, -0.1) is 0 Å². The summed E-state index contributed by atoms with van der Waals surface area (Å²) in [5, 5.41) is 1.13. The second-order valence-electron chi connectivity index (χ2n) is 6.18. The van der Waals surface area contributed by atoms with Crippen molar-refractivity contribution in [2.45, 2.75) is 45.1 Å². The van der Waals surface area contributed by atoms with Crippen molar-refractivity contribution < 1.29 is 0 Å². The number of fused-ring (bicyclic) bond motifs is 1. The van der Waals surface area contributed by atoms with E-state index in [-0.39, 0.29) is 16.9 Å². The fourth-order valence-electron chi connectivity index (χ4n) is 3.82. The van der Waals surface area contributed by atoms with Gasteiger partial charge in [0.15, 0.2) is 0 Å². The standard InChI is InChI=1S/C15H16ClN3O/c1-9-7-12(20)19(11-3-2-4-15(11)5-6-15)13-10(9)8-17-14(16)18-13/h7-8,11H,2-6H2,1H3. The van der Waals surface area contributed by atoms with Crippen molar-refractivity contribution in [3.8, 4) is 0 Å². The minimum atomic E-state index is 0.0444. The van der Waals surface area contributed by atoms with E-state index in [0.29, 0.717) is 11.1 Å². The van der Waals surface area contributed by atoms with Crippen LogP contribution >= 0.6 is 11.6 Å². The molecule has 20 heavy (non-hydrogen) atoms. The molecule has 2 saturated carbocycles. The number of aromatic nitrogens is 3. The van der Waals surface area contributed by atoms with E-state index in [9.17, 15) is 4.79 Å². The highest BCUT2D eigenvalue weighted by Crippen LogP contribution is 2.63. The van der Waals surface area contributed by atoms with Crippen LogP contribution in [-0.2, 0) is 0 Å². The Kier molecular flexibility index (Phi) is 2.49. The van der Waals surface area contributed by atoms with Crippen molar-refractivity contribution in [3.05, 3.63) is 33.5 Å². The van der Waals surface area contributed by atoms with Crippen LogP contribution in [0.2, 0.25) is 5.28 Å². The van der Waals surface area contributed by atoms with Crippen LogP contribution in [0.1, 0.15) is 43.7 Å². The molecule has 104 valence electrons. The molecule has 1 atom stereocenters. The van der Waals surface area contributed by atoms with E-state index in [1.807, 2.05) is 11.5 Å². The lowest BCUT2D eigenvalue weighted by Gasteiger charge is -2.23.